The topological polar surface area (TPSA) is 50.8 Å². The van der Waals surface area contributed by atoms with E-state index in [0.29, 0.717) is 13.0 Å². The molecule has 0 spiro atoms. The maximum absolute atomic E-state index is 12.7. The number of fused-ring (bicyclic) bond motifs is 1. The molecule has 1 saturated heterocycles. The van der Waals surface area contributed by atoms with E-state index in [0.717, 1.165) is 50.3 Å². The second-order valence-electron chi connectivity index (χ2n) is 6.73. The Balaban J connectivity index is 1.56. The molecule has 3 rings (SSSR count). The van der Waals surface area contributed by atoms with E-state index in [4.69, 9.17) is 9.47 Å². The average Bonchev–Trinajstić information content (AvgIpc) is 2.94. The summed E-state index contributed by atoms with van der Waals surface area (Å²) in [6.45, 7) is 4.28. The maximum atomic E-state index is 12.7. The number of methoxy groups -OCH3 is 1. The van der Waals surface area contributed by atoms with Gasteiger partial charge in [-0.15, -0.1) is 0 Å². The summed E-state index contributed by atoms with van der Waals surface area (Å²) in [5.41, 5.74) is 2.12. The van der Waals surface area contributed by atoms with Gasteiger partial charge < -0.3 is 19.7 Å². The lowest BCUT2D eigenvalue weighted by molar-refractivity contribution is -0.134. The molecule has 1 aliphatic heterocycles. The van der Waals surface area contributed by atoms with Crippen molar-refractivity contribution in [3.63, 3.8) is 0 Å². The van der Waals surface area contributed by atoms with Gasteiger partial charge in [0, 0.05) is 26.1 Å². The molecule has 2 aliphatic rings. The summed E-state index contributed by atoms with van der Waals surface area (Å²) in [7, 11) is 1.67. The molecule has 1 saturated carbocycles. The van der Waals surface area contributed by atoms with Crippen LogP contribution in [0.25, 0.3) is 0 Å². The zero-order chi connectivity index (χ0) is 16.9. The number of carbonyl (C=O) groups excluding carboxylic acids is 1. The summed E-state index contributed by atoms with van der Waals surface area (Å²) in [6, 6.07) is 6.31. The molecule has 24 heavy (non-hydrogen) atoms. The molecule has 2 unspecified atom stereocenters. The molecule has 1 aliphatic carbocycles. The molecule has 5 heteroatoms. The highest BCUT2D eigenvalue weighted by Gasteiger charge is 2.36. The zero-order valence-corrected chi connectivity index (χ0v) is 14.7. The highest BCUT2D eigenvalue weighted by atomic mass is 16.5. The van der Waals surface area contributed by atoms with Gasteiger partial charge in [-0.05, 0) is 50.3 Å². The van der Waals surface area contributed by atoms with Crippen molar-refractivity contribution in [2.24, 2.45) is 0 Å². The molecule has 2 atom stereocenters. The van der Waals surface area contributed by atoms with E-state index in [1.165, 1.54) is 5.56 Å². The Bertz CT molecular complexity index is 576. The van der Waals surface area contributed by atoms with Gasteiger partial charge in [0.2, 0.25) is 5.91 Å². The molecule has 2 fully saturated rings. The van der Waals surface area contributed by atoms with Crippen LogP contribution >= 0.6 is 0 Å². The first-order chi connectivity index (χ1) is 11.7. The number of anilines is 1. The number of nitrogens with zero attached hydrogens (tertiary/aromatic N) is 1. The van der Waals surface area contributed by atoms with Crippen LogP contribution in [-0.4, -0.2) is 49.8 Å². The number of hydrogen-bond acceptors (Lipinski definition) is 4. The van der Waals surface area contributed by atoms with Crippen molar-refractivity contribution in [2.45, 2.75) is 51.2 Å². The Morgan fingerprint density at radius 1 is 1.38 bits per heavy atom. The van der Waals surface area contributed by atoms with E-state index in [-0.39, 0.29) is 18.1 Å². The van der Waals surface area contributed by atoms with Crippen LogP contribution in [-0.2, 0) is 9.53 Å². The van der Waals surface area contributed by atoms with Crippen LogP contribution in [0.4, 0.5) is 5.69 Å². The van der Waals surface area contributed by atoms with Crippen molar-refractivity contribution in [1.82, 2.24) is 4.90 Å². The number of ether oxygens (including phenoxy) is 2. The largest absolute Gasteiger partial charge is 0.495 e. The first-order valence-corrected chi connectivity index (χ1v) is 8.98. The Morgan fingerprint density at radius 3 is 3.08 bits per heavy atom. The first kappa shape index (κ1) is 17.1. The van der Waals surface area contributed by atoms with Crippen LogP contribution in [0.2, 0.25) is 0 Å². The van der Waals surface area contributed by atoms with Crippen molar-refractivity contribution in [3.8, 4) is 5.75 Å². The Kier molecular flexibility index (Phi) is 5.61. The fourth-order valence-corrected chi connectivity index (χ4v) is 3.81. The molecule has 1 heterocycles. The van der Waals surface area contributed by atoms with E-state index in [1.807, 2.05) is 19.1 Å². The molecule has 1 N–H and O–H groups in total. The number of nitrogens with one attached hydrogen (secondary N) is 1. The molecule has 0 bridgehead atoms. The number of carbonyl (C=O) groups is 1. The van der Waals surface area contributed by atoms with Crippen LogP contribution in [0, 0.1) is 6.92 Å². The number of hydrogen-bond donors (Lipinski definition) is 1. The predicted octanol–water partition coefficient (Wildman–Crippen LogP) is 2.98. The Morgan fingerprint density at radius 2 is 2.25 bits per heavy atom. The van der Waals surface area contributed by atoms with Gasteiger partial charge in [-0.1, -0.05) is 6.07 Å². The average molecular weight is 332 g/mol. The van der Waals surface area contributed by atoms with Crippen molar-refractivity contribution >= 4 is 11.6 Å². The van der Waals surface area contributed by atoms with E-state index < -0.39 is 0 Å². The van der Waals surface area contributed by atoms with E-state index >= 15 is 0 Å². The summed E-state index contributed by atoms with van der Waals surface area (Å²) in [5, 5.41) is 3.35. The number of benzene rings is 1. The summed E-state index contributed by atoms with van der Waals surface area (Å²) < 4.78 is 11.3. The minimum absolute atomic E-state index is 0.233. The number of aryl methyl sites for hydroxylation is 1. The van der Waals surface area contributed by atoms with Gasteiger partial charge in [0.25, 0.3) is 0 Å². The number of rotatable bonds is 5. The molecule has 132 valence electrons. The van der Waals surface area contributed by atoms with Gasteiger partial charge in [-0.25, -0.2) is 0 Å². The second-order valence-corrected chi connectivity index (χ2v) is 6.73. The van der Waals surface area contributed by atoms with Gasteiger partial charge in [0.1, 0.15) is 5.75 Å². The fourth-order valence-electron chi connectivity index (χ4n) is 3.81. The summed E-state index contributed by atoms with van der Waals surface area (Å²) >= 11 is 0. The van der Waals surface area contributed by atoms with Crippen LogP contribution < -0.4 is 10.1 Å². The molecular formula is C19H28N2O3. The lowest BCUT2D eigenvalue weighted by Crippen LogP contribution is -2.44. The third kappa shape index (κ3) is 3.83. The minimum atomic E-state index is 0.233. The second kappa shape index (κ2) is 7.88. The molecule has 0 radical (unpaired) electrons. The normalized spacial score (nSPS) is 23.5. The third-order valence-corrected chi connectivity index (χ3v) is 5.02. The van der Waals surface area contributed by atoms with Crippen LogP contribution in [0.15, 0.2) is 18.2 Å². The predicted molar refractivity (Wildman–Crippen MR) is 94.5 cm³/mol. The van der Waals surface area contributed by atoms with Gasteiger partial charge in [0.15, 0.2) is 0 Å². The summed E-state index contributed by atoms with van der Waals surface area (Å²) in [5.74, 6) is 1.04. The van der Waals surface area contributed by atoms with Gasteiger partial charge >= 0.3 is 0 Å². The van der Waals surface area contributed by atoms with Crippen LogP contribution in [0.5, 0.6) is 5.75 Å². The van der Waals surface area contributed by atoms with Gasteiger partial charge in [-0.2, -0.15) is 0 Å². The SMILES string of the molecule is COc1ccc(C)cc1NCCC(=O)N1CCCOC2CCCC21. The van der Waals surface area contributed by atoms with Crippen molar-refractivity contribution in [1.29, 1.82) is 0 Å². The highest BCUT2D eigenvalue weighted by Crippen LogP contribution is 2.30. The smallest absolute Gasteiger partial charge is 0.224 e. The fraction of sp³-hybridized carbons (Fsp3) is 0.632. The van der Waals surface area contributed by atoms with E-state index in [2.05, 4.69) is 16.3 Å². The molecular weight excluding hydrogens is 304 g/mol. The molecule has 1 amide bonds. The molecule has 1 aromatic carbocycles. The molecule has 0 aromatic heterocycles. The lowest BCUT2D eigenvalue weighted by atomic mass is 10.1. The Labute approximate surface area is 144 Å². The van der Waals surface area contributed by atoms with Gasteiger partial charge in [0.05, 0.1) is 24.9 Å². The van der Waals surface area contributed by atoms with E-state index in [1.54, 1.807) is 7.11 Å². The summed E-state index contributed by atoms with van der Waals surface area (Å²) in [6.07, 6.45) is 5.03. The van der Waals surface area contributed by atoms with Crippen molar-refractivity contribution in [3.05, 3.63) is 23.8 Å². The van der Waals surface area contributed by atoms with Crippen molar-refractivity contribution < 1.29 is 14.3 Å². The zero-order valence-electron chi connectivity index (χ0n) is 14.7. The lowest BCUT2D eigenvalue weighted by Gasteiger charge is -2.30. The maximum Gasteiger partial charge on any atom is 0.224 e. The first-order valence-electron chi connectivity index (χ1n) is 8.98. The van der Waals surface area contributed by atoms with Crippen LogP contribution in [0.1, 0.15) is 37.7 Å². The van der Waals surface area contributed by atoms with E-state index in [9.17, 15) is 4.79 Å². The molecule has 1 aromatic rings. The quantitative estimate of drug-likeness (QED) is 0.901. The van der Waals surface area contributed by atoms with Crippen molar-refractivity contribution in [2.75, 3.05) is 32.1 Å². The van der Waals surface area contributed by atoms with Gasteiger partial charge in [-0.3, -0.25) is 4.79 Å². The number of amides is 1. The standard InChI is InChI=1S/C19H28N2O3/c1-14-7-8-17(23-2)15(13-14)20-10-9-19(22)21-11-4-12-24-18-6-3-5-16(18)21/h7-8,13,16,18,20H,3-6,9-12H2,1-2H3. The molecule has 5 nitrogen and oxygen atoms in total. The third-order valence-electron chi connectivity index (χ3n) is 5.02. The van der Waals surface area contributed by atoms with Crippen LogP contribution in [0.3, 0.4) is 0 Å². The summed E-state index contributed by atoms with van der Waals surface area (Å²) in [4.78, 5) is 14.8. The highest BCUT2D eigenvalue weighted by molar-refractivity contribution is 5.77. The minimum Gasteiger partial charge on any atom is -0.495 e. The Hall–Kier alpha value is -1.75. The monoisotopic (exact) mass is 332 g/mol.